The number of ketones is 1. The van der Waals surface area contributed by atoms with E-state index in [4.69, 9.17) is 4.74 Å². The molecule has 1 amide bonds. The molecule has 1 aromatic heterocycles. The van der Waals surface area contributed by atoms with E-state index in [0.29, 0.717) is 23.8 Å². The predicted octanol–water partition coefficient (Wildman–Crippen LogP) is 2.77. The molecule has 3 rings (SSSR count). The van der Waals surface area contributed by atoms with Crippen LogP contribution in [0.2, 0.25) is 0 Å². The lowest BCUT2D eigenvalue weighted by Gasteiger charge is -2.12. The second kappa shape index (κ2) is 7.74. The van der Waals surface area contributed by atoms with Gasteiger partial charge in [0.05, 0.1) is 12.1 Å². The first-order chi connectivity index (χ1) is 12.4. The average molecular weight is 376 g/mol. The van der Waals surface area contributed by atoms with Gasteiger partial charge in [-0.2, -0.15) is 0 Å². The number of halogens is 1. The Kier molecular flexibility index (Phi) is 5.41. The van der Waals surface area contributed by atoms with Crippen LogP contribution in [0.4, 0.5) is 9.52 Å². The first-order valence-corrected chi connectivity index (χ1v) is 9.06. The molecule has 6 nitrogen and oxygen atoms in total. The lowest BCUT2D eigenvalue weighted by atomic mass is 10.1. The molecule has 0 aliphatic carbocycles. The number of ether oxygens (including phenoxy) is 1. The monoisotopic (exact) mass is 376 g/mol. The zero-order valence-corrected chi connectivity index (χ0v) is 14.9. The van der Waals surface area contributed by atoms with E-state index in [1.54, 1.807) is 10.3 Å². The summed E-state index contributed by atoms with van der Waals surface area (Å²) in [6.07, 6.45) is 0.254. The highest BCUT2D eigenvalue weighted by Crippen LogP contribution is 2.25. The highest BCUT2D eigenvalue weighted by molar-refractivity contribution is 7.14. The number of hydrogen-bond donors (Lipinski definition) is 0. The summed E-state index contributed by atoms with van der Waals surface area (Å²) in [6, 6.07) is 5.06. The molecule has 0 spiro atoms. The number of carbonyl (C=O) groups is 3. The Morgan fingerprint density at radius 3 is 2.73 bits per heavy atom. The van der Waals surface area contributed by atoms with Gasteiger partial charge in [-0.1, -0.05) is 0 Å². The van der Waals surface area contributed by atoms with Crippen molar-refractivity contribution >= 4 is 34.1 Å². The van der Waals surface area contributed by atoms with Crippen molar-refractivity contribution in [2.45, 2.75) is 32.3 Å². The maximum Gasteiger partial charge on any atom is 0.312 e. The largest absolute Gasteiger partial charge is 0.454 e. The summed E-state index contributed by atoms with van der Waals surface area (Å²) in [6.45, 7) is 2.11. The predicted molar refractivity (Wildman–Crippen MR) is 93.7 cm³/mol. The second-order valence-electron chi connectivity index (χ2n) is 5.95. The summed E-state index contributed by atoms with van der Waals surface area (Å²) in [5.41, 5.74) is 0.770. The first-order valence-electron chi connectivity index (χ1n) is 8.18. The van der Waals surface area contributed by atoms with Crippen molar-refractivity contribution in [3.8, 4) is 0 Å². The Labute approximate surface area is 153 Å². The highest BCUT2D eigenvalue weighted by Gasteiger charge is 2.25. The standard InChI is InChI=1S/C18H17FN2O4S/c1-11(17(24)12-4-6-13(19)7-5-12)25-16(23)9-14-10-26-18(20-14)21-8-2-3-15(21)22/h4-7,10-11H,2-3,8-9H2,1H3/t11-/m0/s1. The molecule has 2 heterocycles. The third-order valence-electron chi connectivity index (χ3n) is 3.98. The third kappa shape index (κ3) is 4.13. The molecule has 0 bridgehead atoms. The van der Waals surface area contributed by atoms with Crippen LogP contribution >= 0.6 is 11.3 Å². The van der Waals surface area contributed by atoms with E-state index in [0.717, 1.165) is 6.42 Å². The minimum absolute atomic E-state index is 0.0343. The van der Waals surface area contributed by atoms with Gasteiger partial charge in [0.25, 0.3) is 0 Å². The summed E-state index contributed by atoms with van der Waals surface area (Å²) in [7, 11) is 0. The number of esters is 1. The fourth-order valence-electron chi connectivity index (χ4n) is 2.64. The number of Topliss-reactive ketones (excluding diaryl/α,β-unsaturated/α-hetero) is 1. The van der Waals surface area contributed by atoms with Crippen LogP contribution < -0.4 is 4.90 Å². The Morgan fingerprint density at radius 2 is 2.08 bits per heavy atom. The van der Waals surface area contributed by atoms with E-state index in [1.165, 1.54) is 42.5 Å². The van der Waals surface area contributed by atoms with Crippen LogP contribution in [0, 0.1) is 5.82 Å². The topological polar surface area (TPSA) is 76.6 Å². The zero-order valence-electron chi connectivity index (χ0n) is 14.1. The van der Waals surface area contributed by atoms with E-state index >= 15 is 0 Å². The molecule has 0 unspecified atom stereocenters. The number of aromatic nitrogens is 1. The second-order valence-corrected chi connectivity index (χ2v) is 6.79. The number of rotatable bonds is 6. The van der Waals surface area contributed by atoms with Crippen molar-refractivity contribution in [1.82, 2.24) is 4.98 Å². The molecule has 1 atom stereocenters. The third-order valence-corrected chi connectivity index (χ3v) is 4.89. The fourth-order valence-corrected chi connectivity index (χ4v) is 3.51. The van der Waals surface area contributed by atoms with Crippen LogP contribution in [0.25, 0.3) is 0 Å². The van der Waals surface area contributed by atoms with Gasteiger partial charge in [-0.05, 0) is 37.6 Å². The number of nitrogens with zero attached hydrogens (tertiary/aromatic N) is 2. The molecule has 1 aromatic carbocycles. The minimum atomic E-state index is -0.980. The molecule has 8 heteroatoms. The van der Waals surface area contributed by atoms with Crippen molar-refractivity contribution in [3.05, 3.63) is 46.7 Å². The van der Waals surface area contributed by atoms with Crippen LogP contribution in [-0.4, -0.2) is 35.3 Å². The smallest absolute Gasteiger partial charge is 0.312 e. The van der Waals surface area contributed by atoms with Crippen molar-refractivity contribution in [3.63, 3.8) is 0 Å². The lowest BCUT2D eigenvalue weighted by molar-refractivity contribution is -0.145. The van der Waals surface area contributed by atoms with Crippen molar-refractivity contribution in [2.24, 2.45) is 0 Å². The molecule has 2 aromatic rings. The van der Waals surface area contributed by atoms with Gasteiger partial charge in [0.2, 0.25) is 11.7 Å². The van der Waals surface area contributed by atoms with Crippen LogP contribution in [-0.2, 0) is 20.7 Å². The van der Waals surface area contributed by atoms with Crippen molar-refractivity contribution in [1.29, 1.82) is 0 Å². The van der Waals surface area contributed by atoms with Gasteiger partial charge in [-0.3, -0.25) is 19.3 Å². The number of amides is 1. The number of anilines is 1. The fraction of sp³-hybridized carbons (Fsp3) is 0.333. The van der Waals surface area contributed by atoms with Gasteiger partial charge in [-0.15, -0.1) is 11.3 Å². The molecule has 1 aliphatic rings. The van der Waals surface area contributed by atoms with Gasteiger partial charge in [0, 0.05) is 23.9 Å². The van der Waals surface area contributed by atoms with Crippen molar-refractivity contribution < 1.29 is 23.5 Å². The number of carbonyl (C=O) groups excluding carboxylic acids is 3. The molecule has 0 saturated carbocycles. The normalized spacial score (nSPS) is 15.2. The number of hydrogen-bond acceptors (Lipinski definition) is 6. The Balaban J connectivity index is 1.56. The van der Waals surface area contributed by atoms with Crippen LogP contribution in [0.15, 0.2) is 29.6 Å². The molecule has 1 fully saturated rings. The number of benzene rings is 1. The molecule has 1 saturated heterocycles. The number of thiazole rings is 1. The van der Waals surface area contributed by atoms with Gasteiger partial charge < -0.3 is 4.74 Å². The molecule has 26 heavy (non-hydrogen) atoms. The van der Waals surface area contributed by atoms with Gasteiger partial charge in [-0.25, -0.2) is 9.37 Å². The summed E-state index contributed by atoms with van der Waals surface area (Å²) in [5, 5.41) is 2.28. The molecule has 0 N–H and O–H groups in total. The minimum Gasteiger partial charge on any atom is -0.454 e. The molecule has 1 aliphatic heterocycles. The lowest BCUT2D eigenvalue weighted by Crippen LogP contribution is -2.25. The summed E-state index contributed by atoms with van der Waals surface area (Å²) in [5.74, 6) is -1.40. The zero-order chi connectivity index (χ0) is 18.7. The summed E-state index contributed by atoms with van der Waals surface area (Å²) < 4.78 is 18.1. The van der Waals surface area contributed by atoms with E-state index in [2.05, 4.69) is 4.98 Å². The SMILES string of the molecule is C[C@H](OC(=O)Cc1csc(N2CCCC2=O)n1)C(=O)c1ccc(F)cc1. The first kappa shape index (κ1) is 18.2. The highest BCUT2D eigenvalue weighted by atomic mass is 32.1. The van der Waals surface area contributed by atoms with Gasteiger partial charge in [0.15, 0.2) is 11.2 Å². The summed E-state index contributed by atoms with van der Waals surface area (Å²) in [4.78, 5) is 41.9. The molecule has 0 radical (unpaired) electrons. The van der Waals surface area contributed by atoms with E-state index in [1.807, 2.05) is 0 Å². The Morgan fingerprint density at radius 1 is 1.35 bits per heavy atom. The van der Waals surface area contributed by atoms with Crippen LogP contribution in [0.1, 0.15) is 35.8 Å². The Bertz CT molecular complexity index is 834. The molecule has 136 valence electrons. The molecular weight excluding hydrogens is 359 g/mol. The van der Waals surface area contributed by atoms with E-state index in [9.17, 15) is 18.8 Å². The van der Waals surface area contributed by atoms with Crippen LogP contribution in [0.5, 0.6) is 0 Å². The van der Waals surface area contributed by atoms with Crippen molar-refractivity contribution in [2.75, 3.05) is 11.4 Å². The van der Waals surface area contributed by atoms with Gasteiger partial charge >= 0.3 is 5.97 Å². The van der Waals surface area contributed by atoms with E-state index < -0.39 is 23.7 Å². The summed E-state index contributed by atoms with van der Waals surface area (Å²) >= 11 is 1.30. The molecular formula is C18H17FN2O4S. The Hall–Kier alpha value is -2.61. The average Bonchev–Trinajstić information content (AvgIpc) is 3.23. The van der Waals surface area contributed by atoms with Gasteiger partial charge in [0.1, 0.15) is 5.82 Å². The maximum absolute atomic E-state index is 12.9. The van der Waals surface area contributed by atoms with Crippen LogP contribution in [0.3, 0.4) is 0 Å². The van der Waals surface area contributed by atoms with E-state index in [-0.39, 0.29) is 17.9 Å². The maximum atomic E-state index is 12.9. The quantitative estimate of drug-likeness (QED) is 0.572.